The molecule has 1 saturated carbocycles. The Morgan fingerprint density at radius 3 is 2.67 bits per heavy atom. The molecule has 2 rings (SSSR count). The number of nitrogens with one attached hydrogen (secondary N) is 2. The lowest BCUT2D eigenvalue weighted by molar-refractivity contribution is -0.144. The SMILES string of the molecule is COC(=O)C(C)(C)Nc1cc(NC2CC2)ncn1. The number of esters is 1. The summed E-state index contributed by atoms with van der Waals surface area (Å²) >= 11 is 0. The van der Waals surface area contributed by atoms with Crippen molar-refractivity contribution in [3.05, 3.63) is 12.4 Å². The van der Waals surface area contributed by atoms with E-state index in [1.807, 2.05) is 0 Å². The van der Waals surface area contributed by atoms with Crippen LogP contribution in [0.3, 0.4) is 0 Å². The number of ether oxygens (including phenoxy) is 1. The van der Waals surface area contributed by atoms with Crippen molar-refractivity contribution < 1.29 is 9.53 Å². The highest BCUT2D eigenvalue weighted by Gasteiger charge is 2.29. The maximum Gasteiger partial charge on any atom is 0.330 e. The minimum absolute atomic E-state index is 0.335. The van der Waals surface area contributed by atoms with Crippen LogP contribution in [0.2, 0.25) is 0 Å². The van der Waals surface area contributed by atoms with E-state index in [0.29, 0.717) is 11.9 Å². The molecule has 0 radical (unpaired) electrons. The predicted octanol–water partition coefficient (Wildman–Crippen LogP) is 1.41. The number of anilines is 2. The van der Waals surface area contributed by atoms with E-state index in [0.717, 1.165) is 5.82 Å². The fourth-order valence-electron chi connectivity index (χ4n) is 1.57. The molecule has 0 amide bonds. The molecule has 1 aliphatic rings. The van der Waals surface area contributed by atoms with Gasteiger partial charge in [0.25, 0.3) is 0 Å². The molecule has 1 aromatic heterocycles. The Morgan fingerprint density at radius 2 is 2.06 bits per heavy atom. The van der Waals surface area contributed by atoms with Crippen LogP contribution in [0.5, 0.6) is 0 Å². The third-order valence-corrected chi connectivity index (χ3v) is 2.73. The van der Waals surface area contributed by atoms with Gasteiger partial charge in [-0.15, -0.1) is 0 Å². The first-order valence-corrected chi connectivity index (χ1v) is 5.96. The molecule has 1 aromatic rings. The molecule has 1 heterocycles. The fraction of sp³-hybridized carbons (Fsp3) is 0.583. The Balaban J connectivity index is 2.05. The van der Waals surface area contributed by atoms with Crippen LogP contribution in [0.25, 0.3) is 0 Å². The Labute approximate surface area is 106 Å². The Morgan fingerprint density at radius 1 is 1.39 bits per heavy atom. The van der Waals surface area contributed by atoms with Gasteiger partial charge in [-0.1, -0.05) is 0 Å². The van der Waals surface area contributed by atoms with Crippen molar-refractivity contribution in [3.63, 3.8) is 0 Å². The number of carbonyl (C=O) groups is 1. The van der Waals surface area contributed by atoms with Crippen LogP contribution in [0.4, 0.5) is 11.6 Å². The van der Waals surface area contributed by atoms with Gasteiger partial charge in [0, 0.05) is 12.1 Å². The van der Waals surface area contributed by atoms with Gasteiger partial charge in [-0.2, -0.15) is 0 Å². The summed E-state index contributed by atoms with van der Waals surface area (Å²) in [7, 11) is 1.37. The summed E-state index contributed by atoms with van der Waals surface area (Å²) in [5.41, 5.74) is -0.819. The van der Waals surface area contributed by atoms with E-state index >= 15 is 0 Å². The molecule has 0 unspecified atom stereocenters. The second kappa shape index (κ2) is 4.80. The number of hydrogen-bond acceptors (Lipinski definition) is 6. The molecular formula is C12H18N4O2. The quantitative estimate of drug-likeness (QED) is 0.770. The zero-order valence-corrected chi connectivity index (χ0v) is 10.9. The van der Waals surface area contributed by atoms with Crippen molar-refractivity contribution >= 4 is 17.6 Å². The molecule has 1 aliphatic carbocycles. The molecular weight excluding hydrogens is 232 g/mol. The van der Waals surface area contributed by atoms with E-state index in [1.165, 1.54) is 26.3 Å². The largest absolute Gasteiger partial charge is 0.467 e. The highest BCUT2D eigenvalue weighted by molar-refractivity contribution is 5.83. The van der Waals surface area contributed by atoms with Gasteiger partial charge in [-0.05, 0) is 26.7 Å². The van der Waals surface area contributed by atoms with Crippen LogP contribution in [-0.4, -0.2) is 34.6 Å². The van der Waals surface area contributed by atoms with Gasteiger partial charge in [-0.25, -0.2) is 14.8 Å². The molecule has 18 heavy (non-hydrogen) atoms. The van der Waals surface area contributed by atoms with Crippen LogP contribution in [-0.2, 0) is 9.53 Å². The van der Waals surface area contributed by atoms with E-state index in [4.69, 9.17) is 4.74 Å². The third kappa shape index (κ3) is 3.09. The standard InChI is InChI=1S/C12H18N4O2/c1-12(2,11(17)18-3)16-10-6-9(13-7-14-10)15-8-4-5-8/h6-8H,4-5H2,1-3H3,(H2,13,14,15,16). The van der Waals surface area contributed by atoms with E-state index < -0.39 is 5.54 Å². The van der Waals surface area contributed by atoms with E-state index in [9.17, 15) is 4.79 Å². The van der Waals surface area contributed by atoms with E-state index in [2.05, 4.69) is 20.6 Å². The normalized spacial score (nSPS) is 15.1. The molecule has 6 nitrogen and oxygen atoms in total. The monoisotopic (exact) mass is 250 g/mol. The summed E-state index contributed by atoms with van der Waals surface area (Å²) in [6.07, 6.45) is 3.83. The third-order valence-electron chi connectivity index (χ3n) is 2.73. The van der Waals surface area contributed by atoms with Gasteiger partial charge in [0.2, 0.25) is 0 Å². The minimum Gasteiger partial charge on any atom is -0.467 e. The molecule has 0 aromatic carbocycles. The van der Waals surface area contributed by atoms with Crippen LogP contribution >= 0.6 is 0 Å². The molecule has 0 atom stereocenters. The van der Waals surface area contributed by atoms with Crippen molar-refractivity contribution in [1.82, 2.24) is 9.97 Å². The summed E-state index contributed by atoms with van der Waals surface area (Å²) in [6.45, 7) is 3.49. The first-order chi connectivity index (χ1) is 8.51. The lowest BCUT2D eigenvalue weighted by Crippen LogP contribution is -2.41. The molecule has 2 N–H and O–H groups in total. The molecule has 0 saturated heterocycles. The molecule has 0 bridgehead atoms. The number of methoxy groups -OCH3 is 1. The first kappa shape index (κ1) is 12.6. The number of aromatic nitrogens is 2. The molecule has 1 fully saturated rings. The van der Waals surface area contributed by atoms with Gasteiger partial charge in [0.1, 0.15) is 23.5 Å². The predicted molar refractivity (Wildman–Crippen MR) is 68.4 cm³/mol. The van der Waals surface area contributed by atoms with Gasteiger partial charge < -0.3 is 15.4 Å². The molecule has 0 aliphatic heterocycles. The lowest BCUT2D eigenvalue weighted by Gasteiger charge is -2.23. The highest BCUT2D eigenvalue weighted by Crippen LogP contribution is 2.24. The average molecular weight is 250 g/mol. The lowest BCUT2D eigenvalue weighted by atomic mass is 10.1. The van der Waals surface area contributed by atoms with E-state index in [-0.39, 0.29) is 5.97 Å². The summed E-state index contributed by atoms with van der Waals surface area (Å²) < 4.78 is 4.73. The smallest absolute Gasteiger partial charge is 0.330 e. The zero-order valence-electron chi connectivity index (χ0n) is 10.9. The minimum atomic E-state index is -0.819. The van der Waals surface area contributed by atoms with Gasteiger partial charge >= 0.3 is 5.97 Å². The molecule has 98 valence electrons. The molecule has 6 heteroatoms. The Hall–Kier alpha value is -1.85. The summed E-state index contributed by atoms with van der Waals surface area (Å²) in [5.74, 6) is 1.04. The number of hydrogen-bond donors (Lipinski definition) is 2. The van der Waals surface area contributed by atoms with Crippen LogP contribution in [0, 0.1) is 0 Å². The second-order valence-electron chi connectivity index (χ2n) is 4.95. The molecule has 0 spiro atoms. The van der Waals surface area contributed by atoms with Crippen molar-refractivity contribution in [1.29, 1.82) is 0 Å². The van der Waals surface area contributed by atoms with E-state index in [1.54, 1.807) is 19.9 Å². The summed E-state index contributed by atoms with van der Waals surface area (Å²) in [4.78, 5) is 19.8. The summed E-state index contributed by atoms with van der Waals surface area (Å²) in [6, 6.07) is 2.32. The fourth-order valence-corrected chi connectivity index (χ4v) is 1.57. The maximum absolute atomic E-state index is 11.6. The Bertz CT molecular complexity index is 443. The topological polar surface area (TPSA) is 76.1 Å². The van der Waals surface area contributed by atoms with Crippen molar-refractivity contribution in [2.24, 2.45) is 0 Å². The maximum atomic E-state index is 11.6. The average Bonchev–Trinajstić information content (AvgIpc) is 3.11. The number of nitrogens with zero attached hydrogens (tertiary/aromatic N) is 2. The number of rotatable bonds is 5. The second-order valence-corrected chi connectivity index (χ2v) is 4.95. The van der Waals surface area contributed by atoms with Crippen LogP contribution < -0.4 is 10.6 Å². The van der Waals surface area contributed by atoms with Crippen LogP contribution in [0.1, 0.15) is 26.7 Å². The van der Waals surface area contributed by atoms with Crippen molar-refractivity contribution in [2.75, 3.05) is 17.7 Å². The highest BCUT2D eigenvalue weighted by atomic mass is 16.5. The summed E-state index contributed by atoms with van der Waals surface area (Å²) in [5, 5.41) is 6.32. The zero-order chi connectivity index (χ0) is 13.2. The van der Waals surface area contributed by atoms with Gasteiger partial charge in [0.05, 0.1) is 7.11 Å². The number of carbonyl (C=O) groups excluding carboxylic acids is 1. The van der Waals surface area contributed by atoms with Crippen molar-refractivity contribution in [3.8, 4) is 0 Å². The Kier molecular flexibility index (Phi) is 3.36. The van der Waals surface area contributed by atoms with Gasteiger partial charge in [0.15, 0.2) is 0 Å². The van der Waals surface area contributed by atoms with Crippen LogP contribution in [0.15, 0.2) is 12.4 Å². The van der Waals surface area contributed by atoms with Crippen molar-refractivity contribution in [2.45, 2.75) is 38.3 Å². The first-order valence-electron chi connectivity index (χ1n) is 5.96. The van der Waals surface area contributed by atoms with Gasteiger partial charge in [-0.3, -0.25) is 0 Å².